The number of rotatable bonds is 5. The first-order valence-corrected chi connectivity index (χ1v) is 6.58. The van der Waals surface area contributed by atoms with Crippen LogP contribution in [0.4, 0.5) is 11.4 Å². The van der Waals surface area contributed by atoms with Gasteiger partial charge in [0.15, 0.2) is 0 Å². The van der Waals surface area contributed by atoms with Crippen molar-refractivity contribution >= 4 is 11.4 Å². The molecule has 1 fully saturated rings. The van der Waals surface area contributed by atoms with Crippen LogP contribution in [-0.4, -0.2) is 26.4 Å². The maximum absolute atomic E-state index is 5.94. The van der Waals surface area contributed by atoms with Crippen molar-refractivity contribution in [2.45, 2.75) is 31.8 Å². The summed E-state index contributed by atoms with van der Waals surface area (Å²) < 4.78 is 10.8. The molecule has 0 bridgehead atoms. The molecule has 1 atom stereocenters. The highest BCUT2D eigenvalue weighted by Gasteiger charge is 2.13. The van der Waals surface area contributed by atoms with Gasteiger partial charge in [-0.25, -0.2) is 0 Å². The molecule has 0 amide bonds. The van der Waals surface area contributed by atoms with Crippen molar-refractivity contribution in [2.75, 3.05) is 31.3 Å². The molecule has 1 aromatic rings. The van der Waals surface area contributed by atoms with Crippen molar-refractivity contribution in [1.29, 1.82) is 0 Å². The Bertz CT molecular complexity index is 376. The van der Waals surface area contributed by atoms with Gasteiger partial charge in [-0.3, -0.25) is 0 Å². The van der Waals surface area contributed by atoms with E-state index in [0.29, 0.717) is 6.10 Å². The summed E-state index contributed by atoms with van der Waals surface area (Å²) in [6, 6.07) is 5.70. The number of nitrogens with two attached hydrogens (primary N) is 1. The minimum Gasteiger partial charge on any atom is -0.497 e. The fourth-order valence-electron chi connectivity index (χ4n) is 2.23. The monoisotopic (exact) mass is 250 g/mol. The van der Waals surface area contributed by atoms with Gasteiger partial charge in [0.1, 0.15) is 5.75 Å². The number of hydrogen-bond donors (Lipinski definition) is 2. The number of anilines is 2. The fourth-order valence-corrected chi connectivity index (χ4v) is 2.23. The van der Waals surface area contributed by atoms with Crippen LogP contribution in [0.5, 0.6) is 5.75 Å². The van der Waals surface area contributed by atoms with Crippen molar-refractivity contribution in [1.82, 2.24) is 0 Å². The molecule has 0 aromatic heterocycles. The van der Waals surface area contributed by atoms with Crippen LogP contribution in [0, 0.1) is 0 Å². The molecule has 100 valence electrons. The third-order valence-corrected chi connectivity index (χ3v) is 3.31. The van der Waals surface area contributed by atoms with Gasteiger partial charge in [-0.1, -0.05) is 0 Å². The lowest BCUT2D eigenvalue weighted by molar-refractivity contribution is 0.0134. The smallest absolute Gasteiger partial charge is 0.121 e. The highest BCUT2D eigenvalue weighted by atomic mass is 16.5. The average molecular weight is 250 g/mol. The second-order valence-corrected chi connectivity index (χ2v) is 4.66. The van der Waals surface area contributed by atoms with Crippen LogP contribution in [0.3, 0.4) is 0 Å². The van der Waals surface area contributed by atoms with E-state index in [0.717, 1.165) is 36.7 Å². The minimum absolute atomic E-state index is 0.408. The predicted octanol–water partition coefficient (Wildman–Crippen LogP) is 2.65. The third-order valence-electron chi connectivity index (χ3n) is 3.31. The Labute approximate surface area is 108 Å². The first kappa shape index (κ1) is 13.0. The van der Waals surface area contributed by atoms with Crippen molar-refractivity contribution in [3.63, 3.8) is 0 Å². The van der Waals surface area contributed by atoms with Crippen LogP contribution in [-0.2, 0) is 4.74 Å². The molecule has 1 saturated heterocycles. The normalized spacial score (nSPS) is 19.5. The quantitative estimate of drug-likeness (QED) is 0.789. The van der Waals surface area contributed by atoms with E-state index < -0.39 is 0 Å². The highest BCUT2D eigenvalue weighted by molar-refractivity contribution is 5.68. The molecule has 4 heteroatoms. The second-order valence-electron chi connectivity index (χ2n) is 4.66. The van der Waals surface area contributed by atoms with Crippen molar-refractivity contribution < 1.29 is 9.47 Å². The number of benzene rings is 1. The maximum atomic E-state index is 5.94. The van der Waals surface area contributed by atoms with E-state index in [9.17, 15) is 0 Å². The number of nitrogens with one attached hydrogen (secondary N) is 1. The Kier molecular flexibility index (Phi) is 4.70. The molecule has 1 heterocycles. The van der Waals surface area contributed by atoms with E-state index >= 15 is 0 Å². The Morgan fingerprint density at radius 1 is 1.44 bits per heavy atom. The summed E-state index contributed by atoms with van der Waals surface area (Å²) in [6.07, 6.45) is 5.11. The second kappa shape index (κ2) is 6.50. The van der Waals surface area contributed by atoms with E-state index in [1.54, 1.807) is 7.11 Å². The van der Waals surface area contributed by atoms with Crippen molar-refractivity contribution in [3.05, 3.63) is 18.2 Å². The molecule has 18 heavy (non-hydrogen) atoms. The highest BCUT2D eigenvalue weighted by Crippen LogP contribution is 2.24. The number of ether oxygens (including phenoxy) is 2. The summed E-state index contributed by atoms with van der Waals surface area (Å²) in [4.78, 5) is 0. The zero-order chi connectivity index (χ0) is 12.8. The van der Waals surface area contributed by atoms with Gasteiger partial charge in [0.25, 0.3) is 0 Å². The largest absolute Gasteiger partial charge is 0.497 e. The van der Waals surface area contributed by atoms with Crippen LogP contribution in [0.15, 0.2) is 18.2 Å². The zero-order valence-corrected chi connectivity index (χ0v) is 10.9. The molecule has 1 aliphatic rings. The lowest BCUT2D eigenvalue weighted by atomic mass is 10.1. The summed E-state index contributed by atoms with van der Waals surface area (Å²) in [6.45, 7) is 1.80. The van der Waals surface area contributed by atoms with Crippen molar-refractivity contribution in [2.24, 2.45) is 0 Å². The van der Waals surface area contributed by atoms with Crippen LogP contribution in [0.25, 0.3) is 0 Å². The van der Waals surface area contributed by atoms with E-state index in [2.05, 4.69) is 5.32 Å². The summed E-state index contributed by atoms with van der Waals surface area (Å²) in [5, 5.41) is 3.35. The van der Waals surface area contributed by atoms with E-state index in [-0.39, 0.29) is 0 Å². The van der Waals surface area contributed by atoms with E-state index in [4.69, 9.17) is 15.2 Å². The zero-order valence-electron chi connectivity index (χ0n) is 10.9. The Morgan fingerprint density at radius 2 is 2.33 bits per heavy atom. The van der Waals surface area contributed by atoms with Gasteiger partial charge < -0.3 is 20.5 Å². The van der Waals surface area contributed by atoms with Crippen LogP contribution >= 0.6 is 0 Å². The number of nitrogen functional groups attached to an aromatic ring is 1. The predicted molar refractivity (Wildman–Crippen MR) is 74.1 cm³/mol. The molecular formula is C14H22N2O2. The summed E-state index contributed by atoms with van der Waals surface area (Å²) >= 11 is 0. The third kappa shape index (κ3) is 3.53. The van der Waals surface area contributed by atoms with Gasteiger partial charge in [-0.15, -0.1) is 0 Å². The summed E-state index contributed by atoms with van der Waals surface area (Å²) in [7, 11) is 1.64. The SMILES string of the molecule is COc1ccc(NCCC2CCCCO2)c(N)c1. The standard InChI is InChI=1S/C14H22N2O2/c1-17-12-5-6-14(13(15)10-12)16-8-7-11-4-2-3-9-18-11/h5-6,10-11,16H,2-4,7-9,15H2,1H3. The fraction of sp³-hybridized carbons (Fsp3) is 0.571. The molecule has 0 saturated carbocycles. The van der Waals surface area contributed by atoms with Gasteiger partial charge in [0, 0.05) is 19.2 Å². The van der Waals surface area contributed by atoms with Gasteiger partial charge in [-0.05, 0) is 37.8 Å². The summed E-state index contributed by atoms with van der Waals surface area (Å²) in [5.74, 6) is 0.786. The maximum Gasteiger partial charge on any atom is 0.121 e. The molecule has 1 aliphatic heterocycles. The lowest BCUT2D eigenvalue weighted by Crippen LogP contribution is -2.22. The molecule has 3 N–H and O–H groups in total. The van der Waals surface area contributed by atoms with Crippen LogP contribution < -0.4 is 15.8 Å². The van der Waals surface area contributed by atoms with Crippen LogP contribution in [0.1, 0.15) is 25.7 Å². The van der Waals surface area contributed by atoms with Crippen molar-refractivity contribution in [3.8, 4) is 5.75 Å². The Hall–Kier alpha value is -1.42. The van der Waals surface area contributed by atoms with Crippen LogP contribution in [0.2, 0.25) is 0 Å². The molecule has 0 radical (unpaired) electrons. The van der Waals surface area contributed by atoms with Gasteiger partial charge in [-0.2, -0.15) is 0 Å². The molecule has 0 spiro atoms. The molecule has 1 unspecified atom stereocenters. The van der Waals surface area contributed by atoms with Gasteiger partial charge in [0.05, 0.1) is 24.6 Å². The summed E-state index contributed by atoms with van der Waals surface area (Å²) in [5.41, 5.74) is 7.63. The number of hydrogen-bond acceptors (Lipinski definition) is 4. The first-order valence-electron chi connectivity index (χ1n) is 6.58. The molecular weight excluding hydrogens is 228 g/mol. The van der Waals surface area contributed by atoms with E-state index in [1.165, 1.54) is 19.3 Å². The topological polar surface area (TPSA) is 56.5 Å². The van der Waals surface area contributed by atoms with Gasteiger partial charge in [0.2, 0.25) is 0 Å². The minimum atomic E-state index is 0.408. The Balaban J connectivity index is 1.79. The van der Waals surface area contributed by atoms with Gasteiger partial charge >= 0.3 is 0 Å². The van der Waals surface area contributed by atoms with E-state index in [1.807, 2.05) is 18.2 Å². The molecule has 1 aromatic carbocycles. The Morgan fingerprint density at radius 3 is 3.00 bits per heavy atom. The molecule has 0 aliphatic carbocycles. The molecule has 2 rings (SSSR count). The lowest BCUT2D eigenvalue weighted by Gasteiger charge is -2.22. The molecule has 4 nitrogen and oxygen atoms in total. The average Bonchev–Trinajstić information content (AvgIpc) is 2.42. The number of methoxy groups -OCH3 is 1. The first-order chi connectivity index (χ1) is 8.79.